The van der Waals surface area contributed by atoms with E-state index in [1.807, 2.05) is 26.6 Å². The van der Waals surface area contributed by atoms with Crippen LogP contribution < -0.4 is 0 Å². The average molecular weight is 351 g/mol. The largest absolute Gasteiger partial charge is 0.520 e. The van der Waals surface area contributed by atoms with Crippen molar-refractivity contribution in [2.75, 3.05) is 0 Å². The molecule has 2 unspecified atom stereocenters. The number of carbonyl (C=O) groups excluding carboxylic acids is 1. The van der Waals surface area contributed by atoms with E-state index in [2.05, 4.69) is 39.3 Å². The van der Waals surface area contributed by atoms with Crippen molar-refractivity contribution >= 4 is 30.9 Å². The van der Waals surface area contributed by atoms with Crippen molar-refractivity contribution in [1.29, 1.82) is 0 Å². The molecule has 0 fully saturated rings. The normalized spacial score (nSPS) is 16.5. The van der Waals surface area contributed by atoms with Crippen LogP contribution in [0.15, 0.2) is 0 Å². The van der Waals surface area contributed by atoms with Crippen molar-refractivity contribution in [2.24, 2.45) is 0 Å². The standard InChI is InChI=1S/C14H34O4Si3/c1-12(16-19(2,3)4)13(17-20(5,6)7)11-14(15)18-21(8,9)10/h12-13H,11H2,1-10H3. The van der Waals surface area contributed by atoms with Gasteiger partial charge in [0.2, 0.25) is 8.32 Å². The summed E-state index contributed by atoms with van der Waals surface area (Å²) < 4.78 is 17.9. The monoisotopic (exact) mass is 350 g/mol. The topological polar surface area (TPSA) is 44.8 Å². The maximum atomic E-state index is 12.1. The lowest BCUT2D eigenvalue weighted by atomic mass is 10.2. The van der Waals surface area contributed by atoms with Crippen molar-refractivity contribution in [3.05, 3.63) is 0 Å². The molecule has 0 aliphatic carbocycles. The second-order valence-electron chi connectivity index (χ2n) is 8.49. The Morgan fingerprint density at radius 2 is 1.24 bits per heavy atom. The molecule has 0 saturated heterocycles. The van der Waals surface area contributed by atoms with Crippen LogP contribution in [0, 0.1) is 0 Å². The maximum Gasteiger partial charge on any atom is 0.295 e. The van der Waals surface area contributed by atoms with Crippen LogP contribution in [0.4, 0.5) is 0 Å². The van der Waals surface area contributed by atoms with Crippen molar-refractivity contribution in [3.63, 3.8) is 0 Å². The van der Waals surface area contributed by atoms with Crippen LogP contribution in [0.25, 0.3) is 0 Å². The number of hydrogen-bond acceptors (Lipinski definition) is 4. The lowest BCUT2D eigenvalue weighted by molar-refractivity contribution is -0.138. The molecule has 7 heteroatoms. The summed E-state index contributed by atoms with van der Waals surface area (Å²) in [6, 6.07) is 0. The molecular weight excluding hydrogens is 316 g/mol. The second kappa shape index (κ2) is 7.54. The predicted molar refractivity (Wildman–Crippen MR) is 96.2 cm³/mol. The summed E-state index contributed by atoms with van der Waals surface area (Å²) in [4.78, 5) is 12.1. The molecule has 0 aliphatic rings. The van der Waals surface area contributed by atoms with Crippen molar-refractivity contribution < 1.29 is 18.1 Å². The van der Waals surface area contributed by atoms with Gasteiger partial charge in [-0.05, 0) is 65.8 Å². The lowest BCUT2D eigenvalue weighted by Crippen LogP contribution is -2.45. The van der Waals surface area contributed by atoms with Crippen molar-refractivity contribution in [2.45, 2.75) is 84.5 Å². The first kappa shape index (κ1) is 21.0. The van der Waals surface area contributed by atoms with Gasteiger partial charge in [-0.1, -0.05) is 0 Å². The van der Waals surface area contributed by atoms with Crippen molar-refractivity contribution in [3.8, 4) is 0 Å². The SMILES string of the molecule is CC(O[Si](C)(C)C)C(CC(=O)O[Si](C)(C)C)O[Si](C)(C)C. The highest BCUT2D eigenvalue weighted by Crippen LogP contribution is 2.20. The van der Waals surface area contributed by atoms with Crippen LogP contribution >= 0.6 is 0 Å². The van der Waals surface area contributed by atoms with Gasteiger partial charge >= 0.3 is 0 Å². The Kier molecular flexibility index (Phi) is 7.56. The van der Waals surface area contributed by atoms with Crippen LogP contribution in [0.3, 0.4) is 0 Å². The van der Waals surface area contributed by atoms with Crippen LogP contribution in [-0.2, 0) is 18.1 Å². The first-order chi connectivity index (χ1) is 9.09. The fraction of sp³-hybridized carbons (Fsp3) is 0.929. The Hall–Kier alpha value is 0.0406. The van der Waals surface area contributed by atoms with Crippen molar-refractivity contribution in [1.82, 2.24) is 0 Å². The minimum atomic E-state index is -1.85. The highest BCUT2D eigenvalue weighted by Gasteiger charge is 2.32. The van der Waals surface area contributed by atoms with E-state index in [-0.39, 0.29) is 24.6 Å². The Balaban J connectivity index is 4.86. The Bertz CT molecular complexity index is 340. The Morgan fingerprint density at radius 3 is 1.57 bits per heavy atom. The zero-order valence-corrected chi connectivity index (χ0v) is 18.5. The molecule has 0 spiro atoms. The van der Waals surface area contributed by atoms with Gasteiger partial charge in [0.25, 0.3) is 5.97 Å². The zero-order valence-electron chi connectivity index (χ0n) is 15.5. The molecule has 126 valence electrons. The van der Waals surface area contributed by atoms with Gasteiger partial charge in [0, 0.05) is 0 Å². The number of hydrogen-bond donors (Lipinski definition) is 0. The molecule has 0 rings (SSSR count). The molecule has 0 radical (unpaired) electrons. The van der Waals surface area contributed by atoms with E-state index in [1.54, 1.807) is 0 Å². The van der Waals surface area contributed by atoms with Crippen LogP contribution in [0.1, 0.15) is 13.3 Å². The minimum Gasteiger partial charge on any atom is -0.520 e. The molecule has 0 N–H and O–H groups in total. The van der Waals surface area contributed by atoms with E-state index in [9.17, 15) is 4.79 Å². The third-order valence-corrected chi connectivity index (χ3v) is 5.28. The third-order valence-electron chi connectivity index (χ3n) is 2.36. The summed E-state index contributed by atoms with van der Waals surface area (Å²) >= 11 is 0. The molecule has 0 bridgehead atoms. The highest BCUT2D eigenvalue weighted by atomic mass is 28.4. The van der Waals surface area contributed by atoms with Crippen LogP contribution in [-0.4, -0.2) is 43.1 Å². The quantitative estimate of drug-likeness (QED) is 0.615. The molecule has 21 heavy (non-hydrogen) atoms. The molecule has 0 aliphatic heterocycles. The van der Waals surface area contributed by atoms with Gasteiger partial charge in [-0.3, -0.25) is 4.79 Å². The molecule has 0 aromatic carbocycles. The number of rotatable bonds is 8. The third kappa shape index (κ3) is 12.3. The van der Waals surface area contributed by atoms with Gasteiger partial charge < -0.3 is 13.3 Å². The average Bonchev–Trinajstić information content (AvgIpc) is 2.07. The first-order valence-electron chi connectivity index (χ1n) is 7.66. The van der Waals surface area contributed by atoms with E-state index in [0.29, 0.717) is 0 Å². The molecule has 0 amide bonds. The first-order valence-corrected chi connectivity index (χ1v) is 17.9. The van der Waals surface area contributed by atoms with Crippen LogP contribution in [0.2, 0.25) is 58.9 Å². The minimum absolute atomic E-state index is 0.0856. The molecule has 4 nitrogen and oxygen atoms in total. The molecule has 0 aromatic heterocycles. The van der Waals surface area contributed by atoms with E-state index < -0.39 is 25.0 Å². The smallest absolute Gasteiger partial charge is 0.295 e. The van der Waals surface area contributed by atoms with E-state index in [0.717, 1.165) is 0 Å². The van der Waals surface area contributed by atoms with Crippen LogP contribution in [0.5, 0.6) is 0 Å². The summed E-state index contributed by atoms with van der Waals surface area (Å²) in [5.74, 6) is -0.163. The van der Waals surface area contributed by atoms with Gasteiger partial charge in [-0.25, -0.2) is 0 Å². The molecule has 0 saturated carbocycles. The summed E-state index contributed by atoms with van der Waals surface area (Å²) in [5, 5.41) is 0. The Labute approximate surface area is 133 Å². The fourth-order valence-electron chi connectivity index (χ4n) is 1.94. The Morgan fingerprint density at radius 1 is 0.810 bits per heavy atom. The lowest BCUT2D eigenvalue weighted by Gasteiger charge is -2.34. The fourth-order valence-corrected chi connectivity index (χ4v) is 5.16. The summed E-state index contributed by atoms with van der Waals surface area (Å²) in [7, 11) is -5.26. The molecule has 0 aromatic rings. The van der Waals surface area contributed by atoms with E-state index >= 15 is 0 Å². The van der Waals surface area contributed by atoms with Gasteiger partial charge in [0.05, 0.1) is 18.6 Å². The highest BCUT2D eigenvalue weighted by molar-refractivity contribution is 6.71. The van der Waals surface area contributed by atoms with Gasteiger partial charge in [-0.2, -0.15) is 0 Å². The number of carbonyl (C=O) groups is 1. The predicted octanol–water partition coefficient (Wildman–Crippen LogP) is 4.21. The summed E-state index contributed by atoms with van der Waals surface area (Å²) in [6.07, 6.45) is -0.0231. The molecular formula is C14H34O4Si3. The maximum absolute atomic E-state index is 12.1. The molecule has 0 heterocycles. The van der Waals surface area contributed by atoms with Gasteiger partial charge in [0.15, 0.2) is 16.6 Å². The molecule has 2 atom stereocenters. The zero-order chi connectivity index (χ0) is 17.1. The summed E-state index contributed by atoms with van der Waals surface area (Å²) in [6.45, 7) is 20.9. The summed E-state index contributed by atoms with van der Waals surface area (Å²) in [5.41, 5.74) is 0. The van der Waals surface area contributed by atoms with Gasteiger partial charge in [0.1, 0.15) is 0 Å². The van der Waals surface area contributed by atoms with Gasteiger partial charge in [-0.15, -0.1) is 0 Å². The van der Waals surface area contributed by atoms with E-state index in [4.69, 9.17) is 13.3 Å². The van der Waals surface area contributed by atoms with E-state index in [1.165, 1.54) is 0 Å². The second-order valence-corrected chi connectivity index (χ2v) is 21.8.